The Morgan fingerprint density at radius 2 is 2.12 bits per heavy atom. The molecule has 2 rings (SSSR count). The van der Waals surface area contributed by atoms with E-state index in [4.69, 9.17) is 0 Å². The highest BCUT2D eigenvalue weighted by Gasteiger charge is 2.27. The van der Waals surface area contributed by atoms with Gasteiger partial charge < -0.3 is 10.2 Å². The Hall–Kier alpha value is 0.230. The van der Waals surface area contributed by atoms with Gasteiger partial charge in [-0.25, -0.2) is 0 Å². The van der Waals surface area contributed by atoms with Crippen molar-refractivity contribution in [3.63, 3.8) is 0 Å². The predicted octanol–water partition coefficient (Wildman–Crippen LogP) is 0.717. The number of nitrogens with zero attached hydrogens (tertiary/aromatic N) is 2. The van der Waals surface area contributed by atoms with Crippen molar-refractivity contribution in [1.29, 1.82) is 0 Å². The molecule has 0 bridgehead atoms. The van der Waals surface area contributed by atoms with Crippen LogP contribution in [0.3, 0.4) is 0 Å². The van der Waals surface area contributed by atoms with Gasteiger partial charge in [0.2, 0.25) is 0 Å². The lowest BCUT2D eigenvalue weighted by atomic mass is 10.1. The van der Waals surface area contributed by atoms with Gasteiger partial charge in [0.05, 0.1) is 0 Å². The summed E-state index contributed by atoms with van der Waals surface area (Å²) in [6.45, 7) is 9.63. The largest absolute Gasteiger partial charge is 0.314 e. The van der Waals surface area contributed by atoms with Crippen LogP contribution in [0.25, 0.3) is 0 Å². The maximum atomic E-state index is 3.41. The number of piperazine rings is 1. The molecule has 1 N–H and O–H groups in total. The van der Waals surface area contributed by atoms with Crippen LogP contribution in [0.5, 0.6) is 0 Å². The maximum Gasteiger partial charge on any atom is 0.0217 e. The van der Waals surface area contributed by atoms with E-state index in [-0.39, 0.29) is 0 Å². The van der Waals surface area contributed by atoms with Gasteiger partial charge in [-0.1, -0.05) is 6.92 Å². The molecule has 2 atom stereocenters. The Labute approximate surface area is 104 Å². The summed E-state index contributed by atoms with van der Waals surface area (Å²) in [5, 5.41) is 4.23. The molecule has 2 aliphatic rings. The van der Waals surface area contributed by atoms with Crippen LogP contribution in [0, 0.1) is 0 Å². The fourth-order valence-corrected chi connectivity index (χ4v) is 4.01. The molecule has 2 unspecified atom stereocenters. The molecule has 0 aromatic carbocycles. The van der Waals surface area contributed by atoms with Crippen molar-refractivity contribution in [3.05, 3.63) is 0 Å². The van der Waals surface area contributed by atoms with Crippen molar-refractivity contribution in [2.75, 3.05) is 52.1 Å². The van der Waals surface area contributed by atoms with Crippen molar-refractivity contribution < 1.29 is 0 Å². The quantitative estimate of drug-likeness (QED) is 0.784. The van der Waals surface area contributed by atoms with Crippen LogP contribution in [0.15, 0.2) is 0 Å². The van der Waals surface area contributed by atoms with Crippen molar-refractivity contribution in [1.82, 2.24) is 15.1 Å². The van der Waals surface area contributed by atoms with Crippen LogP contribution in [-0.4, -0.2) is 73.2 Å². The average molecular weight is 243 g/mol. The summed E-state index contributed by atoms with van der Waals surface area (Å²) in [4.78, 5) is 5.16. The van der Waals surface area contributed by atoms with E-state index in [9.17, 15) is 0 Å². The van der Waals surface area contributed by atoms with Gasteiger partial charge in [0.25, 0.3) is 0 Å². The fraction of sp³-hybridized carbons (Fsp3) is 1.00. The molecule has 3 nitrogen and oxygen atoms in total. The van der Waals surface area contributed by atoms with Crippen LogP contribution in [-0.2, 0) is 0 Å². The van der Waals surface area contributed by atoms with E-state index < -0.39 is 0 Å². The molecule has 4 heteroatoms. The minimum Gasteiger partial charge on any atom is -0.314 e. The first-order chi connectivity index (χ1) is 7.77. The first-order valence-corrected chi connectivity index (χ1v) is 7.57. The molecule has 0 radical (unpaired) electrons. The van der Waals surface area contributed by atoms with Crippen molar-refractivity contribution >= 4 is 11.8 Å². The lowest BCUT2D eigenvalue weighted by molar-refractivity contribution is 0.177. The van der Waals surface area contributed by atoms with Crippen molar-refractivity contribution in [2.24, 2.45) is 0 Å². The molecular formula is C12H25N3S. The molecule has 0 spiro atoms. The molecule has 2 aliphatic heterocycles. The average Bonchev–Trinajstić information content (AvgIpc) is 2.74. The standard InChI is InChI=1S/C12H25N3S/c1-11-12(3-10-16-11)14(2)8-9-15-6-4-13-5-7-15/h11-13H,3-10H2,1-2H3. The van der Waals surface area contributed by atoms with Gasteiger partial charge in [-0.3, -0.25) is 4.90 Å². The lowest BCUT2D eigenvalue weighted by Crippen LogP contribution is -2.47. The number of hydrogen-bond donors (Lipinski definition) is 1. The third-order valence-electron chi connectivity index (χ3n) is 3.88. The van der Waals surface area contributed by atoms with E-state index in [1.807, 2.05) is 0 Å². The van der Waals surface area contributed by atoms with Crippen LogP contribution in [0.1, 0.15) is 13.3 Å². The van der Waals surface area contributed by atoms with Crippen LogP contribution in [0.4, 0.5) is 0 Å². The molecule has 94 valence electrons. The zero-order chi connectivity index (χ0) is 11.4. The summed E-state index contributed by atoms with van der Waals surface area (Å²) < 4.78 is 0. The van der Waals surface area contributed by atoms with Crippen LogP contribution in [0.2, 0.25) is 0 Å². The molecule has 2 fully saturated rings. The van der Waals surface area contributed by atoms with Crippen LogP contribution >= 0.6 is 11.8 Å². The highest BCUT2D eigenvalue weighted by Crippen LogP contribution is 2.29. The topological polar surface area (TPSA) is 18.5 Å². The number of likely N-dealkylation sites (N-methyl/N-ethyl adjacent to an activating group) is 1. The van der Waals surface area contributed by atoms with E-state index in [0.717, 1.165) is 11.3 Å². The van der Waals surface area contributed by atoms with E-state index in [2.05, 4.69) is 40.8 Å². The number of rotatable bonds is 4. The zero-order valence-corrected chi connectivity index (χ0v) is 11.4. The summed E-state index contributed by atoms with van der Waals surface area (Å²) in [5.41, 5.74) is 0. The predicted molar refractivity (Wildman–Crippen MR) is 72.3 cm³/mol. The highest BCUT2D eigenvalue weighted by atomic mass is 32.2. The second-order valence-electron chi connectivity index (χ2n) is 5.00. The second kappa shape index (κ2) is 6.24. The molecule has 2 saturated heterocycles. The Bertz CT molecular complexity index is 206. The smallest absolute Gasteiger partial charge is 0.0217 e. The summed E-state index contributed by atoms with van der Waals surface area (Å²) >= 11 is 2.13. The van der Waals surface area contributed by atoms with E-state index in [0.29, 0.717) is 0 Å². The van der Waals surface area contributed by atoms with Gasteiger partial charge in [-0.05, 0) is 19.2 Å². The third-order valence-corrected chi connectivity index (χ3v) is 5.19. The van der Waals surface area contributed by atoms with Crippen molar-refractivity contribution in [3.8, 4) is 0 Å². The molecule has 0 saturated carbocycles. The molecule has 16 heavy (non-hydrogen) atoms. The monoisotopic (exact) mass is 243 g/mol. The van der Waals surface area contributed by atoms with E-state index >= 15 is 0 Å². The van der Waals surface area contributed by atoms with Gasteiger partial charge in [-0.15, -0.1) is 0 Å². The van der Waals surface area contributed by atoms with Gasteiger partial charge in [0.1, 0.15) is 0 Å². The maximum absolute atomic E-state index is 3.41. The molecule has 0 aromatic heterocycles. The zero-order valence-electron chi connectivity index (χ0n) is 10.6. The summed E-state index contributed by atoms with van der Waals surface area (Å²) in [7, 11) is 2.30. The Kier molecular flexibility index (Phi) is 4.95. The summed E-state index contributed by atoms with van der Waals surface area (Å²) in [6, 6.07) is 0.813. The first-order valence-electron chi connectivity index (χ1n) is 6.52. The van der Waals surface area contributed by atoms with Gasteiger partial charge in [-0.2, -0.15) is 11.8 Å². The van der Waals surface area contributed by atoms with Gasteiger partial charge in [0, 0.05) is 50.6 Å². The van der Waals surface area contributed by atoms with Crippen molar-refractivity contribution in [2.45, 2.75) is 24.6 Å². The normalized spacial score (nSPS) is 32.4. The number of thioether (sulfide) groups is 1. The molecule has 2 heterocycles. The first kappa shape index (κ1) is 12.7. The molecule has 0 aliphatic carbocycles. The molecule has 0 aromatic rings. The minimum absolute atomic E-state index is 0.813. The van der Waals surface area contributed by atoms with Crippen LogP contribution < -0.4 is 5.32 Å². The summed E-state index contributed by atoms with van der Waals surface area (Å²) in [5.74, 6) is 1.35. The molecular weight excluding hydrogens is 218 g/mol. The lowest BCUT2D eigenvalue weighted by Gasteiger charge is -2.32. The molecule has 0 amide bonds. The fourth-order valence-electron chi connectivity index (χ4n) is 2.70. The third kappa shape index (κ3) is 3.36. The Morgan fingerprint density at radius 1 is 1.38 bits per heavy atom. The Morgan fingerprint density at radius 3 is 2.75 bits per heavy atom. The minimum atomic E-state index is 0.813. The van der Waals surface area contributed by atoms with E-state index in [1.165, 1.54) is 51.4 Å². The second-order valence-corrected chi connectivity index (χ2v) is 6.49. The highest BCUT2D eigenvalue weighted by molar-refractivity contribution is 8.00. The SMILES string of the molecule is CC1SCCC1N(C)CCN1CCNCC1. The summed E-state index contributed by atoms with van der Waals surface area (Å²) in [6.07, 6.45) is 1.38. The Balaban J connectivity index is 1.68. The number of hydrogen-bond acceptors (Lipinski definition) is 4. The number of nitrogens with one attached hydrogen (secondary N) is 1. The van der Waals surface area contributed by atoms with Gasteiger partial charge in [0.15, 0.2) is 0 Å². The van der Waals surface area contributed by atoms with E-state index in [1.54, 1.807) is 0 Å². The van der Waals surface area contributed by atoms with Gasteiger partial charge >= 0.3 is 0 Å².